The Balaban J connectivity index is 1.91. The molecule has 0 saturated carbocycles. The second-order valence-electron chi connectivity index (χ2n) is 6.07. The molecule has 0 aliphatic carbocycles. The van der Waals surface area contributed by atoms with Gasteiger partial charge in [0.15, 0.2) is 0 Å². The van der Waals surface area contributed by atoms with Crippen LogP contribution in [0.3, 0.4) is 0 Å². The predicted molar refractivity (Wildman–Crippen MR) is 108 cm³/mol. The first-order valence-electron chi connectivity index (χ1n) is 8.61. The maximum absolute atomic E-state index is 9.63. The smallest absolute Gasteiger partial charge is 0.115 e. The van der Waals surface area contributed by atoms with Gasteiger partial charge in [-0.3, -0.25) is 0 Å². The zero-order chi connectivity index (χ0) is 17.8. The normalized spacial score (nSPS) is 10.5. The average Bonchev–Trinajstić information content (AvgIpc) is 2.71. The molecular weight excluding hydrogens is 318 g/mol. The molecule has 0 unspecified atom stereocenters. The molecule has 0 aromatic heterocycles. The quantitative estimate of drug-likeness (QED) is 0.457. The summed E-state index contributed by atoms with van der Waals surface area (Å²) in [6.07, 6.45) is 0. The third-order valence-corrected chi connectivity index (χ3v) is 4.35. The maximum atomic E-state index is 9.63. The molecule has 0 heterocycles. The van der Waals surface area contributed by atoms with Gasteiger partial charge < -0.3 is 10.0 Å². The Morgan fingerprint density at radius 1 is 0.500 bits per heavy atom. The standard InChI is InChI=1S/C24H19NO/c26-22-17-15-19(16-18-22)23-13-7-8-14-24(23)25(20-9-3-1-4-10-20)21-11-5-2-6-12-21/h1-18,26H. The Bertz CT molecular complexity index is 940. The minimum Gasteiger partial charge on any atom is -0.508 e. The Hall–Kier alpha value is -3.52. The van der Waals surface area contributed by atoms with Gasteiger partial charge in [-0.1, -0.05) is 66.7 Å². The largest absolute Gasteiger partial charge is 0.508 e. The van der Waals surface area contributed by atoms with Gasteiger partial charge in [0.2, 0.25) is 0 Å². The third kappa shape index (κ3) is 3.17. The first kappa shape index (κ1) is 16.0. The van der Waals surface area contributed by atoms with Crippen molar-refractivity contribution in [3.05, 3.63) is 109 Å². The highest BCUT2D eigenvalue weighted by Gasteiger charge is 2.16. The van der Waals surface area contributed by atoms with E-state index in [1.54, 1.807) is 12.1 Å². The molecule has 126 valence electrons. The Morgan fingerprint density at radius 3 is 1.58 bits per heavy atom. The molecule has 0 bridgehead atoms. The van der Waals surface area contributed by atoms with E-state index < -0.39 is 0 Å². The zero-order valence-electron chi connectivity index (χ0n) is 14.3. The van der Waals surface area contributed by atoms with Gasteiger partial charge in [0, 0.05) is 16.9 Å². The van der Waals surface area contributed by atoms with Crippen molar-refractivity contribution in [3.8, 4) is 16.9 Å². The highest BCUT2D eigenvalue weighted by Crippen LogP contribution is 2.40. The van der Waals surface area contributed by atoms with Crippen LogP contribution in [0, 0.1) is 0 Å². The second kappa shape index (κ2) is 7.16. The van der Waals surface area contributed by atoms with E-state index >= 15 is 0 Å². The van der Waals surface area contributed by atoms with Crippen LogP contribution < -0.4 is 4.90 Å². The van der Waals surface area contributed by atoms with Crippen molar-refractivity contribution in [2.75, 3.05) is 4.90 Å². The van der Waals surface area contributed by atoms with E-state index in [1.807, 2.05) is 30.3 Å². The molecule has 2 heteroatoms. The van der Waals surface area contributed by atoms with Gasteiger partial charge in [-0.05, 0) is 48.0 Å². The van der Waals surface area contributed by atoms with Gasteiger partial charge in [0.05, 0.1) is 5.69 Å². The van der Waals surface area contributed by atoms with Crippen molar-refractivity contribution >= 4 is 17.1 Å². The van der Waals surface area contributed by atoms with Crippen LogP contribution in [0.25, 0.3) is 11.1 Å². The van der Waals surface area contributed by atoms with E-state index in [0.717, 1.165) is 28.2 Å². The lowest BCUT2D eigenvalue weighted by molar-refractivity contribution is 0.475. The lowest BCUT2D eigenvalue weighted by Crippen LogP contribution is -2.10. The van der Waals surface area contributed by atoms with Crippen LogP contribution in [0.1, 0.15) is 0 Å². The molecule has 0 saturated heterocycles. The molecule has 0 fully saturated rings. The molecule has 0 aliphatic rings. The summed E-state index contributed by atoms with van der Waals surface area (Å²) in [7, 11) is 0. The minimum absolute atomic E-state index is 0.272. The van der Waals surface area contributed by atoms with E-state index in [4.69, 9.17) is 0 Å². The van der Waals surface area contributed by atoms with Crippen LogP contribution in [0.5, 0.6) is 5.75 Å². The van der Waals surface area contributed by atoms with Crippen molar-refractivity contribution in [3.63, 3.8) is 0 Å². The number of aromatic hydroxyl groups is 1. The van der Waals surface area contributed by atoms with Crippen LogP contribution >= 0.6 is 0 Å². The summed E-state index contributed by atoms with van der Waals surface area (Å²) in [6.45, 7) is 0. The number of benzene rings is 4. The predicted octanol–water partition coefficient (Wildman–Crippen LogP) is 6.53. The van der Waals surface area contributed by atoms with E-state index in [1.165, 1.54) is 0 Å². The number of phenols is 1. The van der Waals surface area contributed by atoms with Crippen LogP contribution in [-0.4, -0.2) is 5.11 Å². The molecule has 0 aliphatic heterocycles. The first-order valence-corrected chi connectivity index (χ1v) is 8.61. The molecule has 0 atom stereocenters. The van der Waals surface area contributed by atoms with Gasteiger partial charge in [0.1, 0.15) is 5.75 Å². The molecule has 2 nitrogen and oxygen atoms in total. The van der Waals surface area contributed by atoms with Gasteiger partial charge >= 0.3 is 0 Å². The van der Waals surface area contributed by atoms with Gasteiger partial charge in [0.25, 0.3) is 0 Å². The van der Waals surface area contributed by atoms with Gasteiger partial charge in [-0.15, -0.1) is 0 Å². The number of rotatable bonds is 4. The molecular formula is C24H19NO. The molecule has 0 spiro atoms. The molecule has 4 aromatic rings. The number of nitrogens with zero attached hydrogens (tertiary/aromatic N) is 1. The molecule has 0 amide bonds. The second-order valence-corrected chi connectivity index (χ2v) is 6.07. The van der Waals surface area contributed by atoms with E-state index in [9.17, 15) is 5.11 Å². The van der Waals surface area contributed by atoms with Crippen LogP contribution in [0.2, 0.25) is 0 Å². The summed E-state index contributed by atoms with van der Waals surface area (Å²) in [4.78, 5) is 2.25. The van der Waals surface area contributed by atoms with Crippen molar-refractivity contribution in [2.45, 2.75) is 0 Å². The van der Waals surface area contributed by atoms with Crippen molar-refractivity contribution < 1.29 is 5.11 Å². The lowest BCUT2D eigenvalue weighted by atomic mass is 10.0. The number of hydrogen-bond acceptors (Lipinski definition) is 2. The van der Waals surface area contributed by atoms with E-state index in [0.29, 0.717) is 0 Å². The van der Waals surface area contributed by atoms with Crippen LogP contribution in [0.4, 0.5) is 17.1 Å². The molecule has 26 heavy (non-hydrogen) atoms. The topological polar surface area (TPSA) is 23.5 Å². The van der Waals surface area contributed by atoms with Crippen molar-refractivity contribution in [1.29, 1.82) is 0 Å². The average molecular weight is 337 g/mol. The number of phenolic OH excluding ortho intramolecular Hbond substituents is 1. The fraction of sp³-hybridized carbons (Fsp3) is 0. The zero-order valence-corrected chi connectivity index (χ0v) is 14.3. The van der Waals surface area contributed by atoms with Crippen molar-refractivity contribution in [1.82, 2.24) is 0 Å². The van der Waals surface area contributed by atoms with Crippen molar-refractivity contribution in [2.24, 2.45) is 0 Å². The highest BCUT2D eigenvalue weighted by molar-refractivity contribution is 5.87. The monoisotopic (exact) mass is 337 g/mol. The molecule has 0 radical (unpaired) electrons. The number of hydrogen-bond donors (Lipinski definition) is 1. The summed E-state index contributed by atoms with van der Waals surface area (Å²) >= 11 is 0. The SMILES string of the molecule is Oc1ccc(-c2ccccc2N(c2ccccc2)c2ccccc2)cc1. The summed E-state index contributed by atoms with van der Waals surface area (Å²) in [5.74, 6) is 0.272. The van der Waals surface area contributed by atoms with E-state index in [2.05, 4.69) is 71.6 Å². The Kier molecular flexibility index (Phi) is 4.40. The summed E-state index contributed by atoms with van der Waals surface area (Å²) < 4.78 is 0. The number of para-hydroxylation sites is 3. The Morgan fingerprint density at radius 2 is 1.00 bits per heavy atom. The maximum Gasteiger partial charge on any atom is 0.115 e. The Labute approximate surface area is 153 Å². The van der Waals surface area contributed by atoms with E-state index in [-0.39, 0.29) is 5.75 Å². The molecule has 4 rings (SSSR count). The summed E-state index contributed by atoms with van der Waals surface area (Å²) in [5.41, 5.74) is 5.47. The third-order valence-electron chi connectivity index (χ3n) is 4.35. The number of anilines is 3. The fourth-order valence-electron chi connectivity index (χ4n) is 3.14. The minimum atomic E-state index is 0.272. The van der Waals surface area contributed by atoms with Crippen LogP contribution in [-0.2, 0) is 0 Å². The summed E-state index contributed by atoms with van der Waals surface area (Å²) in [5, 5.41) is 9.63. The fourth-order valence-corrected chi connectivity index (χ4v) is 3.14. The molecule has 1 N–H and O–H groups in total. The summed E-state index contributed by atoms with van der Waals surface area (Å²) in [6, 6.07) is 36.4. The van der Waals surface area contributed by atoms with Crippen LogP contribution in [0.15, 0.2) is 109 Å². The molecule has 4 aromatic carbocycles. The van der Waals surface area contributed by atoms with Gasteiger partial charge in [-0.25, -0.2) is 0 Å². The van der Waals surface area contributed by atoms with Gasteiger partial charge in [-0.2, -0.15) is 0 Å². The first-order chi connectivity index (χ1) is 12.8. The highest BCUT2D eigenvalue weighted by atomic mass is 16.3. The lowest BCUT2D eigenvalue weighted by Gasteiger charge is -2.27.